The van der Waals surface area contributed by atoms with Crippen molar-refractivity contribution in [2.45, 2.75) is 52.5 Å². The van der Waals surface area contributed by atoms with Crippen LogP contribution in [-0.2, 0) is 0 Å². The number of halogens is 1. The Balaban J connectivity index is 2.90. The molecule has 1 N–H and O–H groups in total. The minimum absolute atomic E-state index is 0.512. The maximum Gasteiger partial charge on any atom is 0.0704 e. The van der Waals surface area contributed by atoms with E-state index in [1.54, 1.807) is 0 Å². The summed E-state index contributed by atoms with van der Waals surface area (Å²) in [4.78, 5) is 1.44. The van der Waals surface area contributed by atoms with Gasteiger partial charge in [-0.25, -0.2) is 0 Å². The highest BCUT2D eigenvalue weighted by atomic mass is 79.9. The number of nitrogens with one attached hydrogen (secondary N) is 1. The summed E-state index contributed by atoms with van der Waals surface area (Å²) in [6.45, 7) is 6.79. The van der Waals surface area contributed by atoms with Crippen LogP contribution < -0.4 is 5.32 Å². The van der Waals surface area contributed by atoms with Crippen LogP contribution in [0.4, 0.5) is 0 Å². The van der Waals surface area contributed by atoms with E-state index in [1.807, 2.05) is 11.3 Å². The summed E-state index contributed by atoms with van der Waals surface area (Å²) in [5.41, 5.74) is 1.48. The molecule has 0 radical (unpaired) electrons. The molecular weight excluding hydrogens is 294 g/mol. The van der Waals surface area contributed by atoms with E-state index in [0.29, 0.717) is 6.04 Å². The molecule has 3 heteroatoms. The zero-order valence-electron chi connectivity index (χ0n) is 11.3. The first-order valence-electron chi connectivity index (χ1n) is 6.57. The molecule has 0 aromatic carbocycles. The van der Waals surface area contributed by atoms with Gasteiger partial charge in [0.2, 0.25) is 0 Å². The highest BCUT2D eigenvalue weighted by molar-refractivity contribution is 9.11. The van der Waals surface area contributed by atoms with Crippen LogP contribution in [0.2, 0.25) is 0 Å². The molecule has 1 aromatic heterocycles. The average molecular weight is 318 g/mol. The summed E-state index contributed by atoms with van der Waals surface area (Å²) in [5, 5.41) is 3.53. The van der Waals surface area contributed by atoms with Gasteiger partial charge in [0.15, 0.2) is 0 Å². The number of rotatable bonds is 7. The number of thiophene rings is 1. The molecule has 0 aliphatic rings. The maximum atomic E-state index is 3.60. The standard InChI is InChI=1S/C14H24BrNS/c1-5-7-11(8-6-2)14(16-4)12-9-13(15)17-10(12)3/h9,11,14,16H,5-8H2,1-4H3. The molecule has 1 nitrogen and oxygen atoms in total. The van der Waals surface area contributed by atoms with Crippen LogP contribution in [0.1, 0.15) is 56.0 Å². The van der Waals surface area contributed by atoms with Crippen molar-refractivity contribution in [1.82, 2.24) is 5.32 Å². The predicted octanol–water partition coefficient (Wildman–Crippen LogP) is 5.30. The van der Waals surface area contributed by atoms with Crippen molar-refractivity contribution in [2.24, 2.45) is 5.92 Å². The van der Waals surface area contributed by atoms with Gasteiger partial charge in [0.1, 0.15) is 0 Å². The van der Waals surface area contributed by atoms with E-state index < -0.39 is 0 Å². The summed E-state index contributed by atoms with van der Waals surface area (Å²) < 4.78 is 1.25. The van der Waals surface area contributed by atoms with Crippen LogP contribution in [-0.4, -0.2) is 7.05 Å². The topological polar surface area (TPSA) is 12.0 Å². The predicted molar refractivity (Wildman–Crippen MR) is 81.9 cm³/mol. The molecule has 0 fully saturated rings. The van der Waals surface area contributed by atoms with Gasteiger partial charge in [0.05, 0.1) is 3.79 Å². The van der Waals surface area contributed by atoms with Gasteiger partial charge in [-0.1, -0.05) is 26.7 Å². The number of hydrogen-bond donors (Lipinski definition) is 1. The van der Waals surface area contributed by atoms with E-state index in [4.69, 9.17) is 0 Å². The Morgan fingerprint density at radius 1 is 1.29 bits per heavy atom. The second-order valence-electron chi connectivity index (χ2n) is 4.67. The number of aryl methyl sites for hydroxylation is 1. The van der Waals surface area contributed by atoms with Crippen LogP contribution in [0.25, 0.3) is 0 Å². The molecule has 1 unspecified atom stereocenters. The van der Waals surface area contributed by atoms with Crippen molar-refractivity contribution < 1.29 is 0 Å². The van der Waals surface area contributed by atoms with Gasteiger partial charge in [-0.3, -0.25) is 0 Å². The fourth-order valence-electron chi connectivity index (χ4n) is 2.63. The third-order valence-electron chi connectivity index (χ3n) is 3.36. The Hall–Kier alpha value is 0.140. The molecule has 0 amide bonds. The number of hydrogen-bond acceptors (Lipinski definition) is 2. The molecule has 1 heterocycles. The lowest BCUT2D eigenvalue weighted by molar-refractivity contribution is 0.330. The van der Waals surface area contributed by atoms with E-state index >= 15 is 0 Å². The molecule has 17 heavy (non-hydrogen) atoms. The van der Waals surface area contributed by atoms with Crippen molar-refractivity contribution in [3.63, 3.8) is 0 Å². The monoisotopic (exact) mass is 317 g/mol. The molecule has 1 rings (SSSR count). The van der Waals surface area contributed by atoms with Crippen LogP contribution >= 0.6 is 27.3 Å². The van der Waals surface area contributed by atoms with Gasteiger partial charge in [-0.2, -0.15) is 0 Å². The van der Waals surface area contributed by atoms with Crippen molar-refractivity contribution in [1.29, 1.82) is 0 Å². The third kappa shape index (κ3) is 4.08. The van der Waals surface area contributed by atoms with Crippen LogP contribution in [0, 0.1) is 12.8 Å². The van der Waals surface area contributed by atoms with E-state index in [1.165, 1.54) is 39.9 Å². The summed E-state index contributed by atoms with van der Waals surface area (Å²) in [6.07, 6.45) is 5.17. The Labute approximate surface area is 118 Å². The first kappa shape index (κ1) is 15.2. The lowest BCUT2D eigenvalue weighted by atomic mass is 9.86. The smallest absolute Gasteiger partial charge is 0.0704 e. The second kappa shape index (κ2) is 7.55. The van der Waals surface area contributed by atoms with Gasteiger partial charge in [0.25, 0.3) is 0 Å². The molecule has 0 spiro atoms. The van der Waals surface area contributed by atoms with Crippen LogP contribution in [0.15, 0.2) is 9.85 Å². The van der Waals surface area contributed by atoms with Crippen LogP contribution in [0.5, 0.6) is 0 Å². The fraction of sp³-hybridized carbons (Fsp3) is 0.714. The van der Waals surface area contributed by atoms with Gasteiger partial charge >= 0.3 is 0 Å². The highest BCUT2D eigenvalue weighted by Crippen LogP contribution is 2.36. The van der Waals surface area contributed by atoms with Gasteiger partial charge in [-0.05, 0) is 60.3 Å². The SMILES string of the molecule is CCCC(CCC)C(NC)c1cc(Br)sc1C. The molecule has 1 atom stereocenters. The molecule has 0 saturated heterocycles. The molecule has 98 valence electrons. The van der Waals surface area contributed by atoms with E-state index in [-0.39, 0.29) is 0 Å². The molecule has 1 aromatic rings. The van der Waals surface area contributed by atoms with Gasteiger partial charge in [-0.15, -0.1) is 11.3 Å². The first-order valence-corrected chi connectivity index (χ1v) is 8.18. The zero-order valence-corrected chi connectivity index (χ0v) is 13.7. The minimum Gasteiger partial charge on any atom is -0.313 e. The van der Waals surface area contributed by atoms with Gasteiger partial charge in [0, 0.05) is 10.9 Å². The minimum atomic E-state index is 0.512. The summed E-state index contributed by atoms with van der Waals surface area (Å²) in [6, 6.07) is 2.80. The Morgan fingerprint density at radius 3 is 2.24 bits per heavy atom. The molecule has 0 aliphatic heterocycles. The largest absolute Gasteiger partial charge is 0.313 e. The van der Waals surface area contributed by atoms with Gasteiger partial charge < -0.3 is 5.32 Å². The fourth-order valence-corrected chi connectivity index (χ4v) is 4.39. The Morgan fingerprint density at radius 2 is 1.88 bits per heavy atom. The Bertz CT molecular complexity index is 329. The lowest BCUT2D eigenvalue weighted by Crippen LogP contribution is -2.25. The molecule has 0 bridgehead atoms. The van der Waals surface area contributed by atoms with Crippen molar-refractivity contribution >= 4 is 27.3 Å². The highest BCUT2D eigenvalue weighted by Gasteiger charge is 2.23. The average Bonchev–Trinajstić information content (AvgIpc) is 2.60. The van der Waals surface area contributed by atoms with E-state index in [2.05, 4.69) is 55.1 Å². The van der Waals surface area contributed by atoms with E-state index in [0.717, 1.165) is 5.92 Å². The molecular formula is C14H24BrNS. The maximum absolute atomic E-state index is 3.60. The Kier molecular flexibility index (Phi) is 6.75. The molecule has 0 saturated carbocycles. The lowest BCUT2D eigenvalue weighted by Gasteiger charge is -2.26. The van der Waals surface area contributed by atoms with Crippen molar-refractivity contribution in [3.05, 3.63) is 20.3 Å². The summed E-state index contributed by atoms with van der Waals surface area (Å²) >= 11 is 5.44. The third-order valence-corrected chi connectivity index (χ3v) is 4.93. The normalized spacial score (nSPS) is 13.3. The van der Waals surface area contributed by atoms with Crippen molar-refractivity contribution in [3.8, 4) is 0 Å². The molecule has 0 aliphatic carbocycles. The van der Waals surface area contributed by atoms with Crippen molar-refractivity contribution in [2.75, 3.05) is 7.05 Å². The first-order chi connectivity index (χ1) is 8.13. The van der Waals surface area contributed by atoms with E-state index in [9.17, 15) is 0 Å². The summed E-state index contributed by atoms with van der Waals surface area (Å²) in [5.74, 6) is 0.759. The quantitative estimate of drug-likeness (QED) is 0.720. The zero-order chi connectivity index (χ0) is 12.8. The van der Waals surface area contributed by atoms with Crippen LogP contribution in [0.3, 0.4) is 0 Å². The second-order valence-corrected chi connectivity index (χ2v) is 7.30. The summed E-state index contributed by atoms with van der Waals surface area (Å²) in [7, 11) is 2.09.